The SMILES string of the molecule is COC(=O)CC1(CSc2cccc(C)c2N)CC1. The molecule has 98 valence electrons. The summed E-state index contributed by atoms with van der Waals surface area (Å²) in [7, 11) is 1.45. The first kappa shape index (κ1) is 13.3. The third-order valence-electron chi connectivity index (χ3n) is 3.52. The summed E-state index contributed by atoms with van der Waals surface area (Å²) in [5.74, 6) is 0.834. The molecule has 3 nitrogen and oxygen atoms in total. The maximum Gasteiger partial charge on any atom is 0.306 e. The van der Waals surface area contributed by atoms with Crippen LogP contribution in [0, 0.1) is 12.3 Å². The van der Waals surface area contributed by atoms with Crippen LogP contribution < -0.4 is 5.73 Å². The molecule has 0 amide bonds. The lowest BCUT2D eigenvalue weighted by atomic mass is 10.1. The number of aryl methyl sites for hydroxylation is 1. The molecule has 18 heavy (non-hydrogen) atoms. The molecule has 1 aromatic carbocycles. The van der Waals surface area contributed by atoms with Crippen molar-refractivity contribution in [3.63, 3.8) is 0 Å². The highest BCUT2D eigenvalue weighted by atomic mass is 32.2. The lowest BCUT2D eigenvalue weighted by molar-refractivity contribution is -0.141. The molecule has 0 saturated heterocycles. The average molecular weight is 265 g/mol. The van der Waals surface area contributed by atoms with E-state index in [4.69, 9.17) is 10.5 Å². The number of methoxy groups -OCH3 is 1. The van der Waals surface area contributed by atoms with Crippen LogP contribution in [0.1, 0.15) is 24.8 Å². The minimum Gasteiger partial charge on any atom is -0.469 e. The number of nitrogens with two attached hydrogens (primary N) is 1. The molecular formula is C14H19NO2S. The van der Waals surface area contributed by atoms with Crippen LogP contribution in [0.3, 0.4) is 0 Å². The molecule has 0 spiro atoms. The van der Waals surface area contributed by atoms with Gasteiger partial charge in [-0.15, -0.1) is 11.8 Å². The lowest BCUT2D eigenvalue weighted by Crippen LogP contribution is -2.13. The van der Waals surface area contributed by atoms with Gasteiger partial charge in [-0.3, -0.25) is 4.79 Å². The van der Waals surface area contributed by atoms with E-state index in [1.807, 2.05) is 25.1 Å². The van der Waals surface area contributed by atoms with Crippen molar-refractivity contribution in [1.82, 2.24) is 0 Å². The lowest BCUT2D eigenvalue weighted by Gasteiger charge is -2.14. The number of anilines is 1. The summed E-state index contributed by atoms with van der Waals surface area (Å²) < 4.78 is 4.75. The van der Waals surface area contributed by atoms with E-state index in [0.717, 1.165) is 34.7 Å². The Morgan fingerprint density at radius 3 is 2.83 bits per heavy atom. The average Bonchev–Trinajstić information content (AvgIpc) is 3.11. The number of hydrogen-bond donors (Lipinski definition) is 1. The van der Waals surface area contributed by atoms with Crippen molar-refractivity contribution in [2.24, 2.45) is 5.41 Å². The largest absolute Gasteiger partial charge is 0.469 e. The van der Waals surface area contributed by atoms with E-state index in [2.05, 4.69) is 0 Å². The van der Waals surface area contributed by atoms with Gasteiger partial charge < -0.3 is 10.5 Å². The van der Waals surface area contributed by atoms with Crippen molar-refractivity contribution in [2.75, 3.05) is 18.6 Å². The molecule has 1 aromatic rings. The van der Waals surface area contributed by atoms with Crippen LogP contribution >= 0.6 is 11.8 Å². The zero-order valence-corrected chi connectivity index (χ0v) is 11.7. The molecule has 2 N–H and O–H groups in total. The third-order valence-corrected chi connectivity index (χ3v) is 4.95. The molecule has 1 fully saturated rings. The summed E-state index contributed by atoms with van der Waals surface area (Å²) in [5, 5.41) is 0. The molecule has 2 rings (SSSR count). The smallest absolute Gasteiger partial charge is 0.306 e. The number of benzene rings is 1. The first-order valence-electron chi connectivity index (χ1n) is 6.11. The highest BCUT2D eigenvalue weighted by molar-refractivity contribution is 7.99. The fourth-order valence-electron chi connectivity index (χ4n) is 1.94. The van der Waals surface area contributed by atoms with Gasteiger partial charge in [-0.2, -0.15) is 0 Å². The van der Waals surface area contributed by atoms with Gasteiger partial charge in [0.25, 0.3) is 0 Å². The number of carbonyl (C=O) groups is 1. The minimum absolute atomic E-state index is 0.106. The van der Waals surface area contributed by atoms with Crippen molar-refractivity contribution in [3.8, 4) is 0 Å². The standard InChI is InChI=1S/C14H19NO2S/c1-10-4-3-5-11(13(10)15)18-9-14(6-7-14)8-12(16)17-2/h3-5H,6-9,15H2,1-2H3. The monoisotopic (exact) mass is 265 g/mol. The Morgan fingerprint density at radius 1 is 1.50 bits per heavy atom. The van der Waals surface area contributed by atoms with Gasteiger partial charge in [0.05, 0.1) is 13.5 Å². The Hall–Kier alpha value is -1.16. The molecule has 1 saturated carbocycles. The van der Waals surface area contributed by atoms with Crippen LogP contribution in [0.25, 0.3) is 0 Å². The molecule has 0 heterocycles. The van der Waals surface area contributed by atoms with Gasteiger partial charge in [-0.25, -0.2) is 0 Å². The summed E-state index contributed by atoms with van der Waals surface area (Å²) in [4.78, 5) is 12.5. The van der Waals surface area contributed by atoms with Crippen LogP contribution in [-0.2, 0) is 9.53 Å². The van der Waals surface area contributed by atoms with Crippen LogP contribution in [0.2, 0.25) is 0 Å². The Morgan fingerprint density at radius 2 is 2.22 bits per heavy atom. The summed E-state index contributed by atoms with van der Waals surface area (Å²) >= 11 is 1.75. The van der Waals surface area contributed by atoms with Crippen LogP contribution in [0.15, 0.2) is 23.1 Å². The first-order valence-corrected chi connectivity index (χ1v) is 7.10. The molecule has 0 radical (unpaired) electrons. The fraction of sp³-hybridized carbons (Fsp3) is 0.500. The molecule has 1 aliphatic rings. The second-order valence-electron chi connectivity index (χ2n) is 5.03. The quantitative estimate of drug-likeness (QED) is 0.505. The van der Waals surface area contributed by atoms with E-state index < -0.39 is 0 Å². The predicted molar refractivity (Wildman–Crippen MR) is 74.6 cm³/mol. The molecule has 0 bridgehead atoms. The van der Waals surface area contributed by atoms with Crippen molar-refractivity contribution in [3.05, 3.63) is 23.8 Å². The Balaban J connectivity index is 1.95. The Labute approximate surface area is 112 Å². The zero-order valence-electron chi connectivity index (χ0n) is 10.9. The topological polar surface area (TPSA) is 52.3 Å². The fourth-order valence-corrected chi connectivity index (χ4v) is 3.28. The van der Waals surface area contributed by atoms with Gasteiger partial charge in [0.15, 0.2) is 0 Å². The van der Waals surface area contributed by atoms with E-state index in [1.165, 1.54) is 7.11 Å². The number of esters is 1. The summed E-state index contributed by atoms with van der Waals surface area (Å²) in [5.41, 5.74) is 8.16. The molecule has 1 aliphatic carbocycles. The van der Waals surface area contributed by atoms with Gasteiger partial charge in [-0.1, -0.05) is 12.1 Å². The Kier molecular flexibility index (Phi) is 3.85. The van der Waals surface area contributed by atoms with E-state index in [0.29, 0.717) is 6.42 Å². The Bertz CT molecular complexity index is 455. The second-order valence-corrected chi connectivity index (χ2v) is 6.05. The predicted octanol–water partition coefficient (Wildman–Crippen LogP) is 3.01. The maximum absolute atomic E-state index is 11.3. The molecular weight excluding hydrogens is 246 g/mol. The van der Waals surface area contributed by atoms with Gasteiger partial charge in [0, 0.05) is 16.3 Å². The third kappa shape index (κ3) is 2.99. The van der Waals surface area contributed by atoms with Crippen molar-refractivity contribution < 1.29 is 9.53 Å². The molecule has 0 atom stereocenters. The number of thioether (sulfide) groups is 1. The van der Waals surface area contributed by atoms with Gasteiger partial charge >= 0.3 is 5.97 Å². The van der Waals surface area contributed by atoms with Gasteiger partial charge in [0.1, 0.15) is 0 Å². The van der Waals surface area contributed by atoms with E-state index in [1.54, 1.807) is 11.8 Å². The number of hydrogen-bond acceptors (Lipinski definition) is 4. The van der Waals surface area contributed by atoms with Crippen molar-refractivity contribution in [1.29, 1.82) is 0 Å². The van der Waals surface area contributed by atoms with Crippen molar-refractivity contribution in [2.45, 2.75) is 31.1 Å². The summed E-state index contributed by atoms with van der Waals surface area (Å²) in [6, 6.07) is 6.08. The van der Waals surface area contributed by atoms with Gasteiger partial charge in [-0.05, 0) is 36.8 Å². The van der Waals surface area contributed by atoms with Crippen LogP contribution in [-0.4, -0.2) is 18.8 Å². The van der Waals surface area contributed by atoms with E-state index in [-0.39, 0.29) is 11.4 Å². The van der Waals surface area contributed by atoms with E-state index in [9.17, 15) is 4.79 Å². The van der Waals surface area contributed by atoms with E-state index >= 15 is 0 Å². The highest BCUT2D eigenvalue weighted by Gasteiger charge is 2.44. The zero-order chi connectivity index (χ0) is 13.2. The number of para-hydroxylation sites is 1. The van der Waals surface area contributed by atoms with Gasteiger partial charge in [0.2, 0.25) is 0 Å². The van der Waals surface area contributed by atoms with Crippen LogP contribution in [0.5, 0.6) is 0 Å². The summed E-state index contributed by atoms with van der Waals surface area (Å²) in [6.07, 6.45) is 2.75. The molecule has 4 heteroatoms. The highest BCUT2D eigenvalue weighted by Crippen LogP contribution is 2.52. The van der Waals surface area contributed by atoms with Crippen LogP contribution in [0.4, 0.5) is 5.69 Å². The normalized spacial score (nSPS) is 16.3. The summed E-state index contributed by atoms with van der Waals surface area (Å²) in [6.45, 7) is 2.01. The number of nitrogen functional groups attached to an aromatic ring is 1. The maximum atomic E-state index is 11.3. The first-order chi connectivity index (χ1) is 8.56. The number of ether oxygens (including phenoxy) is 1. The number of rotatable bonds is 5. The van der Waals surface area contributed by atoms with Crippen molar-refractivity contribution >= 4 is 23.4 Å². The molecule has 0 aromatic heterocycles. The molecule has 0 unspecified atom stereocenters. The number of carbonyl (C=O) groups excluding carboxylic acids is 1. The molecule has 0 aliphatic heterocycles. The second kappa shape index (κ2) is 5.22. The minimum atomic E-state index is -0.106.